The molecule has 1 N–H and O–H groups in total. The Morgan fingerprint density at radius 2 is 2.00 bits per heavy atom. The molecule has 1 aromatic heterocycles. The molecule has 1 saturated carbocycles. The van der Waals surface area contributed by atoms with E-state index in [0.717, 1.165) is 24.5 Å². The fraction of sp³-hybridized carbons (Fsp3) is 0.353. The average molecular weight is 358 g/mol. The summed E-state index contributed by atoms with van der Waals surface area (Å²) in [5.41, 5.74) is 1.71. The molecule has 0 amide bonds. The van der Waals surface area contributed by atoms with Crippen molar-refractivity contribution in [2.24, 2.45) is 15.4 Å². The maximum atomic E-state index is 14.2. The van der Waals surface area contributed by atoms with Crippen LogP contribution in [-0.4, -0.2) is 34.9 Å². The Labute approximate surface area is 148 Å². The Balaban J connectivity index is 1.51. The highest BCUT2D eigenvalue weighted by atomic mass is 19.1. The molecule has 2 heterocycles. The van der Waals surface area contributed by atoms with Gasteiger partial charge < -0.3 is 10.1 Å². The van der Waals surface area contributed by atoms with Crippen molar-refractivity contribution in [2.45, 2.75) is 25.0 Å². The molecule has 1 aliphatic heterocycles. The highest BCUT2D eigenvalue weighted by Gasteiger charge is 2.25. The number of anilines is 1. The lowest BCUT2D eigenvalue weighted by Crippen LogP contribution is -2.20. The Hall–Kier alpha value is -2.81. The molecule has 4 rings (SSSR count). The zero-order chi connectivity index (χ0) is 17.9. The van der Waals surface area contributed by atoms with Gasteiger partial charge in [-0.15, -0.1) is 5.10 Å². The fourth-order valence-electron chi connectivity index (χ4n) is 2.53. The van der Waals surface area contributed by atoms with E-state index in [9.17, 15) is 8.78 Å². The third kappa shape index (κ3) is 3.88. The molecule has 1 atom stereocenters. The molecule has 9 heteroatoms. The second kappa shape index (κ2) is 7.20. The first-order chi connectivity index (χ1) is 12.7. The highest BCUT2D eigenvalue weighted by Crippen LogP contribution is 2.28. The monoisotopic (exact) mass is 358 g/mol. The second-order valence-corrected chi connectivity index (χ2v) is 6.13. The molecule has 134 valence electrons. The molecular formula is C17H16F2N6O. The standard InChI is InChI=1S/C17H16F2N6O/c18-11-1-4-13(14(19)5-11)16(9-26-12-2-3-12)23-17-20-6-10(7-21-17)15-8-22-25-24-15/h1,4-7,12,16H,2-3,8-9H2,(H,20,21,23). The molecule has 0 radical (unpaired) electrons. The second-order valence-electron chi connectivity index (χ2n) is 6.13. The molecule has 1 aliphatic carbocycles. The summed E-state index contributed by atoms with van der Waals surface area (Å²) < 4.78 is 33.1. The molecule has 1 unspecified atom stereocenters. The van der Waals surface area contributed by atoms with E-state index in [4.69, 9.17) is 4.74 Å². The molecule has 2 aliphatic rings. The van der Waals surface area contributed by atoms with Crippen LogP contribution in [0.15, 0.2) is 46.0 Å². The first kappa shape index (κ1) is 16.6. The van der Waals surface area contributed by atoms with Gasteiger partial charge in [-0.2, -0.15) is 5.11 Å². The summed E-state index contributed by atoms with van der Waals surface area (Å²) in [4.78, 5) is 8.48. The van der Waals surface area contributed by atoms with Gasteiger partial charge in [0.2, 0.25) is 5.95 Å². The Bertz CT molecular complexity index is 851. The largest absolute Gasteiger partial charge is 0.376 e. The van der Waals surface area contributed by atoms with Gasteiger partial charge in [0, 0.05) is 29.6 Å². The van der Waals surface area contributed by atoms with Crippen LogP contribution in [0.1, 0.15) is 30.0 Å². The summed E-state index contributed by atoms with van der Waals surface area (Å²) in [5.74, 6) is -0.946. The molecule has 0 spiro atoms. The van der Waals surface area contributed by atoms with E-state index >= 15 is 0 Å². The van der Waals surface area contributed by atoms with Gasteiger partial charge in [-0.1, -0.05) is 6.07 Å². The third-order valence-electron chi connectivity index (χ3n) is 4.10. The molecule has 2 aromatic rings. The Morgan fingerprint density at radius 1 is 1.19 bits per heavy atom. The summed E-state index contributed by atoms with van der Waals surface area (Å²) in [6.07, 6.45) is 5.41. The van der Waals surface area contributed by atoms with Crippen LogP contribution in [0.5, 0.6) is 0 Å². The molecule has 1 fully saturated rings. The van der Waals surface area contributed by atoms with Crippen molar-refractivity contribution in [1.29, 1.82) is 0 Å². The van der Waals surface area contributed by atoms with Crippen molar-refractivity contribution in [2.75, 3.05) is 18.5 Å². The smallest absolute Gasteiger partial charge is 0.223 e. The first-order valence-corrected chi connectivity index (χ1v) is 8.28. The van der Waals surface area contributed by atoms with Gasteiger partial charge in [0.05, 0.1) is 24.5 Å². The van der Waals surface area contributed by atoms with Crippen molar-refractivity contribution >= 4 is 11.7 Å². The van der Waals surface area contributed by atoms with Gasteiger partial charge in [0.25, 0.3) is 0 Å². The summed E-state index contributed by atoms with van der Waals surface area (Å²) in [6, 6.07) is 2.95. The van der Waals surface area contributed by atoms with Crippen LogP contribution >= 0.6 is 0 Å². The van der Waals surface area contributed by atoms with E-state index in [1.807, 2.05) is 0 Å². The summed E-state index contributed by atoms with van der Waals surface area (Å²) >= 11 is 0. The van der Waals surface area contributed by atoms with Crippen molar-refractivity contribution in [3.8, 4) is 0 Å². The van der Waals surface area contributed by atoms with E-state index in [1.165, 1.54) is 12.1 Å². The van der Waals surface area contributed by atoms with Gasteiger partial charge in [-0.3, -0.25) is 0 Å². The molecule has 1 aromatic carbocycles. The number of halogens is 2. The zero-order valence-corrected chi connectivity index (χ0v) is 13.8. The maximum Gasteiger partial charge on any atom is 0.223 e. The summed E-state index contributed by atoms with van der Waals surface area (Å²) in [7, 11) is 0. The minimum atomic E-state index is -0.637. The quantitative estimate of drug-likeness (QED) is 0.823. The number of nitrogens with zero attached hydrogens (tertiary/aromatic N) is 5. The van der Waals surface area contributed by atoms with E-state index in [1.54, 1.807) is 12.4 Å². The lowest BCUT2D eigenvalue weighted by molar-refractivity contribution is 0.110. The van der Waals surface area contributed by atoms with Crippen LogP contribution in [0.2, 0.25) is 0 Å². The van der Waals surface area contributed by atoms with E-state index < -0.39 is 17.7 Å². The topological polar surface area (TPSA) is 84.1 Å². The lowest BCUT2D eigenvalue weighted by Gasteiger charge is -2.20. The molecular weight excluding hydrogens is 342 g/mol. The minimum absolute atomic E-state index is 0.207. The van der Waals surface area contributed by atoms with Crippen LogP contribution < -0.4 is 5.32 Å². The lowest BCUT2D eigenvalue weighted by atomic mass is 10.1. The van der Waals surface area contributed by atoms with Gasteiger partial charge in [-0.25, -0.2) is 18.7 Å². The van der Waals surface area contributed by atoms with Crippen molar-refractivity contribution < 1.29 is 13.5 Å². The number of hydrogen-bond acceptors (Lipinski definition) is 7. The van der Waals surface area contributed by atoms with Crippen LogP contribution in [-0.2, 0) is 4.74 Å². The van der Waals surface area contributed by atoms with Gasteiger partial charge in [0.1, 0.15) is 18.2 Å². The third-order valence-corrected chi connectivity index (χ3v) is 4.10. The van der Waals surface area contributed by atoms with Crippen molar-refractivity contribution in [1.82, 2.24) is 9.97 Å². The van der Waals surface area contributed by atoms with Gasteiger partial charge >= 0.3 is 0 Å². The number of hydrogen-bond donors (Lipinski definition) is 1. The maximum absolute atomic E-state index is 14.2. The van der Waals surface area contributed by atoms with Crippen LogP contribution in [0.4, 0.5) is 14.7 Å². The summed E-state index contributed by atoms with van der Waals surface area (Å²) in [5, 5.41) is 14.3. The average Bonchev–Trinajstić information content (AvgIpc) is 3.31. The fourth-order valence-corrected chi connectivity index (χ4v) is 2.53. The SMILES string of the molecule is Fc1ccc(C(COC2CC2)Nc2ncc(C3=NN=NC3)cn2)c(F)c1. The van der Waals surface area contributed by atoms with Crippen LogP contribution in [0.3, 0.4) is 0 Å². The van der Waals surface area contributed by atoms with Crippen molar-refractivity contribution in [3.05, 3.63) is 53.4 Å². The predicted molar refractivity (Wildman–Crippen MR) is 90.0 cm³/mol. The number of rotatable bonds is 7. The minimum Gasteiger partial charge on any atom is -0.376 e. The van der Waals surface area contributed by atoms with E-state index in [-0.39, 0.29) is 12.7 Å². The van der Waals surface area contributed by atoms with Crippen LogP contribution in [0, 0.1) is 11.6 Å². The Morgan fingerprint density at radius 3 is 2.65 bits per heavy atom. The van der Waals surface area contributed by atoms with E-state index in [0.29, 0.717) is 23.8 Å². The van der Waals surface area contributed by atoms with Crippen LogP contribution in [0.25, 0.3) is 0 Å². The molecule has 26 heavy (non-hydrogen) atoms. The van der Waals surface area contributed by atoms with Gasteiger partial charge in [0.15, 0.2) is 0 Å². The molecule has 0 saturated heterocycles. The van der Waals surface area contributed by atoms with E-state index in [2.05, 4.69) is 30.7 Å². The highest BCUT2D eigenvalue weighted by molar-refractivity contribution is 6.02. The predicted octanol–water partition coefficient (Wildman–Crippen LogP) is 3.26. The van der Waals surface area contributed by atoms with Gasteiger partial charge in [-0.05, 0) is 24.1 Å². The first-order valence-electron chi connectivity index (χ1n) is 8.28. The molecule has 0 bridgehead atoms. The zero-order valence-electron chi connectivity index (χ0n) is 13.8. The molecule has 7 nitrogen and oxygen atoms in total. The normalized spacial score (nSPS) is 17.2. The van der Waals surface area contributed by atoms with Crippen molar-refractivity contribution in [3.63, 3.8) is 0 Å². The number of nitrogens with one attached hydrogen (secondary N) is 1. The number of benzene rings is 1. The number of aromatic nitrogens is 2. The number of ether oxygens (including phenoxy) is 1. The Kier molecular flexibility index (Phi) is 4.61. The summed E-state index contributed by atoms with van der Waals surface area (Å²) in [6.45, 7) is 0.636.